The van der Waals surface area contributed by atoms with E-state index < -0.39 is 29.0 Å². The highest BCUT2D eigenvalue weighted by Crippen LogP contribution is 2.30. The predicted octanol–water partition coefficient (Wildman–Crippen LogP) is -0.455. The molecule has 1 aromatic rings. The first-order valence-electron chi connectivity index (χ1n) is 4.54. The van der Waals surface area contributed by atoms with Crippen molar-refractivity contribution in [1.82, 2.24) is 9.55 Å². The number of halogens is 1. The second kappa shape index (κ2) is 4.40. The fourth-order valence-corrected chi connectivity index (χ4v) is 2.28. The Bertz CT molecular complexity index is 453. The minimum Gasteiger partial charge on any atom is -0.393 e. The molecule has 6 nitrogen and oxygen atoms in total. The van der Waals surface area contributed by atoms with E-state index in [0.29, 0.717) is 5.75 Å². The molecule has 1 aliphatic heterocycles. The third-order valence-electron chi connectivity index (χ3n) is 2.13. The van der Waals surface area contributed by atoms with E-state index >= 15 is 0 Å². The molecule has 2 heterocycles. The molecule has 0 spiro atoms. The third-order valence-corrected chi connectivity index (χ3v) is 3.24. The van der Waals surface area contributed by atoms with Crippen LogP contribution in [-0.4, -0.2) is 32.5 Å². The summed E-state index contributed by atoms with van der Waals surface area (Å²) in [6, 6.07) is 0. The highest BCUT2D eigenvalue weighted by Gasteiger charge is 2.27. The Hall–Kier alpha value is -1.12. The van der Waals surface area contributed by atoms with Crippen molar-refractivity contribution < 1.29 is 14.2 Å². The monoisotopic (exact) mass is 250 g/mol. The lowest BCUT2D eigenvalue weighted by molar-refractivity contribution is -0.00677. The zero-order chi connectivity index (χ0) is 11.7. The van der Waals surface area contributed by atoms with Crippen molar-refractivity contribution in [3.8, 4) is 0 Å². The number of ether oxygens (including phenoxy) is 1. The summed E-state index contributed by atoms with van der Waals surface area (Å²) < 4.78 is 19.5. The van der Waals surface area contributed by atoms with Gasteiger partial charge in [-0.05, 0) is 0 Å². The summed E-state index contributed by atoms with van der Waals surface area (Å²) in [5.41, 5.74) is 4.10. The molecule has 88 valence electrons. The molecule has 8 heteroatoms. The summed E-state index contributed by atoms with van der Waals surface area (Å²) >= 11 is 1.35. The molecule has 0 radical (unpaired) electrons. The molecule has 2 atom stereocenters. The first-order valence-corrected chi connectivity index (χ1v) is 5.58. The maximum atomic E-state index is 13.1. The van der Waals surface area contributed by atoms with E-state index in [1.54, 1.807) is 0 Å². The Morgan fingerprint density at radius 3 is 3.19 bits per heavy atom. The van der Waals surface area contributed by atoms with Crippen LogP contribution in [0.5, 0.6) is 0 Å². The summed E-state index contributed by atoms with van der Waals surface area (Å²) in [4.78, 5) is 14.8. The standard InChI is InChI=1S/C8H10FN3O3S/c9-4-1-12(8(14)11-7(4)10)5-3-16-6(2-13)15-5/h1,5-6,13H,2-3H2,(H2,10,11,14)/t5-,6+/m0/s1/i8+1,11+1,12+1. The number of nitrogens with two attached hydrogens (primary N) is 1. The number of aromatic nitrogens is 2. The minimum atomic E-state index is -0.763. The minimum absolute atomic E-state index is 0.152. The van der Waals surface area contributed by atoms with E-state index in [1.807, 2.05) is 0 Å². The molecule has 0 aromatic carbocycles. The summed E-state index contributed by atoms with van der Waals surface area (Å²) in [5, 5.41) is 8.86. The number of nitrogens with zero attached hydrogens (tertiary/aromatic N) is 2. The van der Waals surface area contributed by atoms with Gasteiger partial charge < -0.3 is 15.6 Å². The molecule has 0 bridgehead atoms. The van der Waals surface area contributed by atoms with Crippen molar-refractivity contribution in [3.63, 3.8) is 0 Å². The molecule has 0 saturated carbocycles. The zero-order valence-electron chi connectivity index (χ0n) is 8.17. The number of rotatable bonds is 2. The van der Waals surface area contributed by atoms with Gasteiger partial charge in [-0.25, -0.2) is 9.18 Å². The lowest BCUT2D eigenvalue weighted by atomic mass is 10.6. The first kappa shape index (κ1) is 11.4. The quantitative estimate of drug-likeness (QED) is 0.738. The van der Waals surface area contributed by atoms with Gasteiger partial charge in [-0.1, -0.05) is 0 Å². The van der Waals surface area contributed by atoms with Gasteiger partial charge in [0.15, 0.2) is 11.6 Å². The fraction of sp³-hybridized carbons (Fsp3) is 0.500. The van der Waals surface area contributed by atoms with Gasteiger partial charge in [0.2, 0.25) is 0 Å². The number of aliphatic hydroxyl groups is 1. The molecular weight excluding hydrogens is 240 g/mol. The van der Waals surface area contributed by atoms with Crippen LogP contribution in [0.25, 0.3) is 0 Å². The lowest BCUT2D eigenvalue weighted by Gasteiger charge is -2.13. The Morgan fingerprint density at radius 1 is 1.81 bits per heavy atom. The molecule has 1 aliphatic rings. The van der Waals surface area contributed by atoms with E-state index in [-0.39, 0.29) is 6.61 Å². The molecule has 2 rings (SSSR count). The van der Waals surface area contributed by atoms with E-state index in [0.717, 1.165) is 10.8 Å². The van der Waals surface area contributed by atoms with E-state index in [2.05, 4.69) is 4.98 Å². The zero-order valence-corrected chi connectivity index (χ0v) is 8.98. The van der Waals surface area contributed by atoms with Crippen molar-refractivity contribution in [3.05, 3.63) is 22.5 Å². The van der Waals surface area contributed by atoms with Gasteiger partial charge in [0, 0.05) is 5.75 Å². The van der Waals surface area contributed by atoms with Gasteiger partial charge >= 0.3 is 5.69 Å². The van der Waals surface area contributed by atoms with Gasteiger partial charge in [-0.2, -0.15) is 4.98 Å². The molecule has 3 N–H and O–H groups in total. The average molecular weight is 250 g/mol. The van der Waals surface area contributed by atoms with Crippen molar-refractivity contribution >= 4 is 17.6 Å². The normalized spacial score (nSPS) is 24.9. The number of aliphatic hydroxyl groups excluding tert-OH is 1. The Labute approximate surface area is 94.2 Å². The van der Waals surface area contributed by atoms with Crippen molar-refractivity contribution in [2.75, 3.05) is 18.1 Å². The largest absolute Gasteiger partial charge is 0.393 e. The molecule has 1 fully saturated rings. The number of hydrogen-bond acceptors (Lipinski definition) is 6. The van der Waals surface area contributed by atoms with Gasteiger partial charge in [0.05, 0.1) is 12.8 Å². The number of anilines is 1. The molecule has 1 saturated heterocycles. The van der Waals surface area contributed by atoms with E-state index in [9.17, 15) is 9.18 Å². The van der Waals surface area contributed by atoms with Gasteiger partial charge in [0.1, 0.15) is 11.7 Å². The number of thioether (sulfide) groups is 1. The topological polar surface area (TPSA) is 90.4 Å². The molecule has 1 aromatic heterocycles. The van der Waals surface area contributed by atoms with Gasteiger partial charge in [0.25, 0.3) is 0 Å². The van der Waals surface area contributed by atoms with Crippen LogP contribution >= 0.6 is 11.8 Å². The maximum Gasteiger partial charge on any atom is 0.351 e. The number of hydrogen-bond donors (Lipinski definition) is 2. The smallest absolute Gasteiger partial charge is 0.351 e. The average Bonchev–Trinajstić information content (AvgIpc) is 2.71. The Morgan fingerprint density at radius 2 is 2.56 bits per heavy atom. The molecule has 16 heavy (non-hydrogen) atoms. The SMILES string of the molecule is Nc1[15n][13c](=O)[15n]([C@@H]2CS[C@H](CO)O2)cc1F. The van der Waals surface area contributed by atoms with Crippen LogP contribution in [0.4, 0.5) is 10.2 Å². The van der Waals surface area contributed by atoms with Gasteiger partial charge in [-0.15, -0.1) is 11.8 Å². The fourth-order valence-electron chi connectivity index (χ4n) is 1.35. The Kier molecular flexibility index (Phi) is 3.13. The molecule has 0 amide bonds. The molecular formula is C8H10FN3O3S. The van der Waals surface area contributed by atoms with Crippen LogP contribution in [0.15, 0.2) is 11.0 Å². The van der Waals surface area contributed by atoms with Crippen LogP contribution in [-0.2, 0) is 4.74 Å². The maximum absolute atomic E-state index is 13.1. The van der Waals surface area contributed by atoms with Crippen LogP contribution in [0.2, 0.25) is 0 Å². The van der Waals surface area contributed by atoms with E-state index in [1.165, 1.54) is 11.8 Å². The highest BCUT2D eigenvalue weighted by molar-refractivity contribution is 8.00. The third kappa shape index (κ3) is 2.04. The summed E-state index contributed by atoms with van der Waals surface area (Å²) in [5.74, 6) is -0.734. The number of nitrogen functional groups attached to an aromatic ring is 1. The van der Waals surface area contributed by atoms with Crippen LogP contribution in [0.3, 0.4) is 0 Å². The lowest BCUT2D eigenvalue weighted by Crippen LogP contribution is -2.29. The van der Waals surface area contributed by atoms with Crippen LogP contribution in [0.1, 0.15) is 6.23 Å². The second-order valence-electron chi connectivity index (χ2n) is 3.20. The summed E-state index contributed by atoms with van der Waals surface area (Å²) in [6.45, 7) is -0.152. The summed E-state index contributed by atoms with van der Waals surface area (Å²) in [6.07, 6.45) is 0.354. The molecule has 0 aliphatic carbocycles. The molecule has 0 unspecified atom stereocenters. The van der Waals surface area contributed by atoms with Crippen LogP contribution in [0, 0.1) is 5.82 Å². The predicted molar refractivity (Wildman–Crippen MR) is 56.3 cm³/mol. The van der Waals surface area contributed by atoms with Crippen molar-refractivity contribution in [1.29, 1.82) is 0 Å². The van der Waals surface area contributed by atoms with Crippen LogP contribution < -0.4 is 11.4 Å². The first-order chi connectivity index (χ1) is 7.61. The van der Waals surface area contributed by atoms with Crippen molar-refractivity contribution in [2.24, 2.45) is 0 Å². The van der Waals surface area contributed by atoms with Gasteiger partial charge in [-0.3, -0.25) is 4.57 Å². The highest BCUT2D eigenvalue weighted by atomic mass is 32.2. The Balaban J connectivity index is 2.28. The van der Waals surface area contributed by atoms with E-state index in [4.69, 9.17) is 15.6 Å². The van der Waals surface area contributed by atoms with Crippen molar-refractivity contribution in [2.45, 2.75) is 11.7 Å². The second-order valence-corrected chi connectivity index (χ2v) is 4.39. The summed E-state index contributed by atoms with van der Waals surface area (Å²) in [7, 11) is 0.